The number of fused-ring (bicyclic) bond motifs is 1. The summed E-state index contributed by atoms with van der Waals surface area (Å²) in [6.45, 7) is 0.0268. The van der Waals surface area contributed by atoms with Gasteiger partial charge in [0.15, 0.2) is 0 Å². The summed E-state index contributed by atoms with van der Waals surface area (Å²) in [7, 11) is 0. The van der Waals surface area contributed by atoms with Crippen LogP contribution in [0.4, 0.5) is 0 Å². The molecule has 0 aliphatic heterocycles. The Morgan fingerprint density at radius 2 is 1.75 bits per heavy atom. The molecule has 0 unspecified atom stereocenters. The van der Waals surface area contributed by atoms with Crippen molar-refractivity contribution >= 4 is 22.8 Å². The number of esters is 1. The zero-order chi connectivity index (χ0) is 17.1. The van der Waals surface area contributed by atoms with E-state index in [1.165, 1.54) is 6.07 Å². The van der Waals surface area contributed by atoms with Gasteiger partial charge in [-0.25, -0.2) is 4.79 Å². The summed E-state index contributed by atoms with van der Waals surface area (Å²) >= 11 is 0. The van der Waals surface area contributed by atoms with Crippen LogP contribution in [0.1, 0.15) is 26.3 Å². The van der Waals surface area contributed by atoms with Crippen LogP contribution < -0.4 is 11.3 Å². The third-order valence-corrected chi connectivity index (χ3v) is 3.58. The first-order valence-corrected chi connectivity index (χ1v) is 7.22. The Hall–Kier alpha value is -3.41. The molecule has 0 aliphatic rings. The van der Waals surface area contributed by atoms with Crippen LogP contribution in [0.3, 0.4) is 0 Å². The van der Waals surface area contributed by atoms with Crippen molar-refractivity contribution in [3.05, 3.63) is 81.6 Å². The van der Waals surface area contributed by atoms with Crippen molar-refractivity contribution in [1.29, 1.82) is 0 Å². The second-order valence-corrected chi connectivity index (χ2v) is 5.23. The molecule has 0 aliphatic carbocycles. The van der Waals surface area contributed by atoms with Gasteiger partial charge in [-0.3, -0.25) is 9.59 Å². The lowest BCUT2D eigenvalue weighted by atomic mass is 10.1. The molecule has 0 bridgehead atoms. The molecule has 0 spiro atoms. The smallest absolute Gasteiger partial charge is 0.339 e. The van der Waals surface area contributed by atoms with Gasteiger partial charge in [0.25, 0.3) is 0 Å². The van der Waals surface area contributed by atoms with Gasteiger partial charge in [0.05, 0.1) is 5.56 Å². The molecule has 2 aromatic carbocycles. The van der Waals surface area contributed by atoms with Crippen molar-refractivity contribution in [2.24, 2.45) is 5.73 Å². The molecule has 0 radical (unpaired) electrons. The number of amides is 1. The van der Waals surface area contributed by atoms with Gasteiger partial charge in [-0.15, -0.1) is 0 Å². The van der Waals surface area contributed by atoms with Crippen LogP contribution in [0.2, 0.25) is 0 Å². The maximum absolute atomic E-state index is 12.3. The van der Waals surface area contributed by atoms with E-state index in [1.807, 2.05) is 0 Å². The molecule has 0 atom stereocenters. The molecular formula is C18H14N2O4. The Labute approximate surface area is 136 Å². The zero-order valence-corrected chi connectivity index (χ0v) is 12.6. The first-order chi connectivity index (χ1) is 11.5. The number of carbonyl (C=O) groups excluding carboxylic acids is 2. The zero-order valence-electron chi connectivity index (χ0n) is 12.6. The average molecular weight is 322 g/mol. The van der Waals surface area contributed by atoms with Gasteiger partial charge in [-0.1, -0.05) is 30.3 Å². The van der Waals surface area contributed by atoms with Gasteiger partial charge in [-0.2, -0.15) is 0 Å². The molecule has 3 N–H and O–H groups in total. The number of carbonyl (C=O) groups is 2. The van der Waals surface area contributed by atoms with Crippen molar-refractivity contribution in [3.63, 3.8) is 0 Å². The number of ether oxygens (including phenoxy) is 1. The Balaban J connectivity index is 1.80. The van der Waals surface area contributed by atoms with Crippen LogP contribution >= 0.6 is 0 Å². The fourth-order valence-electron chi connectivity index (χ4n) is 2.37. The number of rotatable bonds is 4. The monoisotopic (exact) mass is 322 g/mol. The van der Waals surface area contributed by atoms with Crippen LogP contribution in [-0.4, -0.2) is 16.9 Å². The van der Waals surface area contributed by atoms with Crippen molar-refractivity contribution in [2.75, 3.05) is 0 Å². The van der Waals surface area contributed by atoms with Crippen LogP contribution in [-0.2, 0) is 11.3 Å². The molecule has 24 heavy (non-hydrogen) atoms. The maximum atomic E-state index is 12.3. The highest BCUT2D eigenvalue weighted by Crippen LogP contribution is 2.16. The number of para-hydroxylation sites is 1. The molecule has 0 saturated carbocycles. The third kappa shape index (κ3) is 3.17. The van der Waals surface area contributed by atoms with E-state index in [2.05, 4.69) is 4.98 Å². The molecule has 3 rings (SSSR count). The number of hydrogen-bond acceptors (Lipinski definition) is 4. The number of pyridine rings is 1. The van der Waals surface area contributed by atoms with Gasteiger partial charge in [0.2, 0.25) is 11.5 Å². The van der Waals surface area contributed by atoms with E-state index in [-0.39, 0.29) is 17.7 Å². The summed E-state index contributed by atoms with van der Waals surface area (Å²) in [4.78, 5) is 37.7. The molecule has 6 heteroatoms. The number of benzene rings is 2. The lowest BCUT2D eigenvalue weighted by Gasteiger charge is -2.07. The van der Waals surface area contributed by atoms with Crippen molar-refractivity contribution in [1.82, 2.24) is 4.98 Å². The number of nitrogens with two attached hydrogens (primary N) is 1. The van der Waals surface area contributed by atoms with E-state index in [1.54, 1.807) is 48.5 Å². The van der Waals surface area contributed by atoms with Crippen molar-refractivity contribution < 1.29 is 14.3 Å². The van der Waals surface area contributed by atoms with Crippen LogP contribution in [0.25, 0.3) is 10.9 Å². The van der Waals surface area contributed by atoms with Crippen LogP contribution in [0.15, 0.2) is 59.4 Å². The fraction of sp³-hybridized carbons (Fsp3) is 0.0556. The molecule has 1 amide bonds. The second-order valence-electron chi connectivity index (χ2n) is 5.23. The number of aromatic nitrogens is 1. The normalized spacial score (nSPS) is 10.5. The molecule has 3 aromatic rings. The minimum absolute atomic E-state index is 0.0268. The second kappa shape index (κ2) is 6.37. The summed E-state index contributed by atoms with van der Waals surface area (Å²) in [5, 5.41) is 0.617. The summed E-state index contributed by atoms with van der Waals surface area (Å²) in [6, 6.07) is 14.7. The largest absolute Gasteiger partial charge is 0.457 e. The average Bonchev–Trinajstić information content (AvgIpc) is 2.59. The number of H-pyrrole nitrogens is 1. The fourth-order valence-corrected chi connectivity index (χ4v) is 2.37. The number of hydrogen-bond donors (Lipinski definition) is 2. The summed E-state index contributed by atoms with van der Waals surface area (Å²) in [5.74, 6) is -1.11. The van der Waals surface area contributed by atoms with Gasteiger partial charge in [0.1, 0.15) is 6.61 Å². The van der Waals surface area contributed by atoms with E-state index in [4.69, 9.17) is 10.5 Å². The molecule has 6 nitrogen and oxygen atoms in total. The van der Waals surface area contributed by atoms with E-state index in [0.29, 0.717) is 22.0 Å². The molecule has 0 fully saturated rings. The third-order valence-electron chi connectivity index (χ3n) is 3.58. The Kier molecular flexibility index (Phi) is 4.11. The summed E-state index contributed by atoms with van der Waals surface area (Å²) < 4.78 is 5.27. The van der Waals surface area contributed by atoms with E-state index < -0.39 is 11.9 Å². The molecular weight excluding hydrogens is 308 g/mol. The lowest BCUT2D eigenvalue weighted by Crippen LogP contribution is -2.13. The first-order valence-electron chi connectivity index (χ1n) is 7.22. The van der Waals surface area contributed by atoms with E-state index in [9.17, 15) is 14.4 Å². The predicted octanol–water partition coefficient (Wildman–Crippen LogP) is 1.98. The Morgan fingerprint density at radius 3 is 2.46 bits per heavy atom. The summed E-state index contributed by atoms with van der Waals surface area (Å²) in [5.41, 5.74) is 6.68. The van der Waals surface area contributed by atoms with E-state index >= 15 is 0 Å². The molecule has 0 saturated heterocycles. The SMILES string of the molecule is NC(=O)c1ccc(COC(=O)c2cc(=O)[nH]c3ccccc23)cc1. The minimum Gasteiger partial charge on any atom is -0.457 e. The number of nitrogens with one attached hydrogen (secondary N) is 1. The highest BCUT2D eigenvalue weighted by molar-refractivity contribution is 6.03. The molecule has 1 heterocycles. The topological polar surface area (TPSA) is 102 Å². The van der Waals surface area contributed by atoms with Crippen molar-refractivity contribution in [2.45, 2.75) is 6.61 Å². The quantitative estimate of drug-likeness (QED) is 0.717. The molecule has 120 valence electrons. The van der Waals surface area contributed by atoms with Crippen LogP contribution in [0, 0.1) is 0 Å². The van der Waals surface area contributed by atoms with Gasteiger partial charge in [-0.05, 0) is 23.8 Å². The number of primary amides is 1. The van der Waals surface area contributed by atoms with Gasteiger partial charge >= 0.3 is 5.97 Å². The number of aromatic amines is 1. The Bertz CT molecular complexity index is 974. The van der Waals surface area contributed by atoms with Crippen LogP contribution in [0.5, 0.6) is 0 Å². The molecule has 1 aromatic heterocycles. The van der Waals surface area contributed by atoms with Gasteiger partial charge < -0.3 is 15.5 Å². The lowest BCUT2D eigenvalue weighted by molar-refractivity contribution is 0.0474. The summed E-state index contributed by atoms with van der Waals surface area (Å²) in [6.07, 6.45) is 0. The van der Waals surface area contributed by atoms with E-state index in [0.717, 1.165) is 0 Å². The maximum Gasteiger partial charge on any atom is 0.339 e. The highest BCUT2D eigenvalue weighted by Gasteiger charge is 2.13. The van der Waals surface area contributed by atoms with Gasteiger partial charge in [0, 0.05) is 22.5 Å². The first kappa shape index (κ1) is 15.5. The van der Waals surface area contributed by atoms with Crippen molar-refractivity contribution in [3.8, 4) is 0 Å². The Morgan fingerprint density at radius 1 is 1.04 bits per heavy atom. The highest BCUT2D eigenvalue weighted by atomic mass is 16.5. The standard InChI is InChI=1S/C18H14N2O4/c19-17(22)12-7-5-11(6-8-12)10-24-18(23)14-9-16(21)20-15-4-2-1-3-13(14)15/h1-9H,10H2,(H2,19,22)(H,20,21). The minimum atomic E-state index is -0.587. The predicted molar refractivity (Wildman–Crippen MR) is 88.6 cm³/mol.